The smallest absolute Gasteiger partial charge is 0.254 e. The molecule has 6 heteroatoms. The van der Waals surface area contributed by atoms with Crippen molar-refractivity contribution >= 4 is 35.0 Å². The first-order valence-electron chi connectivity index (χ1n) is 8.60. The van der Waals surface area contributed by atoms with E-state index in [4.69, 9.17) is 23.2 Å². The average molecular weight is 391 g/mol. The molecule has 0 unspecified atom stereocenters. The monoisotopic (exact) mass is 390 g/mol. The average Bonchev–Trinajstić information content (AvgIpc) is 2.66. The van der Waals surface area contributed by atoms with Crippen LogP contribution in [0.1, 0.15) is 22.3 Å². The predicted molar refractivity (Wildman–Crippen MR) is 104 cm³/mol. The van der Waals surface area contributed by atoms with E-state index in [2.05, 4.69) is 0 Å². The molecule has 1 heterocycles. The summed E-state index contributed by atoms with van der Waals surface area (Å²) in [7, 11) is 0. The van der Waals surface area contributed by atoms with Crippen molar-refractivity contribution in [2.45, 2.75) is 12.8 Å². The van der Waals surface area contributed by atoms with Crippen LogP contribution in [-0.2, 0) is 11.2 Å². The molecule has 1 fully saturated rings. The predicted octanol–water partition coefficient (Wildman–Crippen LogP) is 3.91. The van der Waals surface area contributed by atoms with E-state index >= 15 is 0 Å². The van der Waals surface area contributed by atoms with Gasteiger partial charge in [-0.05, 0) is 42.3 Å². The number of rotatable bonds is 4. The molecule has 26 heavy (non-hydrogen) atoms. The maximum atomic E-state index is 12.5. The summed E-state index contributed by atoms with van der Waals surface area (Å²) in [6.45, 7) is 2.18. The highest BCUT2D eigenvalue weighted by Gasteiger charge is 2.24. The van der Waals surface area contributed by atoms with Gasteiger partial charge in [0.15, 0.2) is 0 Å². The normalized spacial score (nSPS) is 14.4. The molecule has 0 N–H and O–H groups in total. The van der Waals surface area contributed by atoms with Gasteiger partial charge in [0.05, 0.1) is 0 Å². The zero-order valence-electron chi connectivity index (χ0n) is 14.3. The van der Waals surface area contributed by atoms with Gasteiger partial charge in [-0.1, -0.05) is 41.4 Å². The topological polar surface area (TPSA) is 40.6 Å². The van der Waals surface area contributed by atoms with Gasteiger partial charge in [0, 0.05) is 48.2 Å². The largest absolute Gasteiger partial charge is 0.339 e. The number of aryl methyl sites for hydroxylation is 1. The number of carbonyl (C=O) groups excluding carboxylic acids is 2. The first-order valence-corrected chi connectivity index (χ1v) is 9.35. The minimum absolute atomic E-state index is 0.0430. The van der Waals surface area contributed by atoms with Crippen molar-refractivity contribution in [2.75, 3.05) is 26.2 Å². The Morgan fingerprint density at radius 1 is 0.846 bits per heavy atom. The van der Waals surface area contributed by atoms with Gasteiger partial charge >= 0.3 is 0 Å². The van der Waals surface area contributed by atoms with Crippen LogP contribution in [0, 0.1) is 0 Å². The lowest BCUT2D eigenvalue weighted by Crippen LogP contribution is -2.50. The number of hydrogen-bond donors (Lipinski definition) is 0. The van der Waals surface area contributed by atoms with Crippen LogP contribution >= 0.6 is 23.2 Å². The number of piperazine rings is 1. The second-order valence-electron chi connectivity index (χ2n) is 6.31. The van der Waals surface area contributed by atoms with Gasteiger partial charge in [0.25, 0.3) is 5.91 Å². The number of amides is 2. The van der Waals surface area contributed by atoms with Gasteiger partial charge in [-0.2, -0.15) is 0 Å². The van der Waals surface area contributed by atoms with Gasteiger partial charge in [-0.25, -0.2) is 0 Å². The Kier molecular flexibility index (Phi) is 6.17. The highest BCUT2D eigenvalue weighted by Crippen LogP contribution is 2.16. The molecule has 0 bridgehead atoms. The summed E-state index contributed by atoms with van der Waals surface area (Å²) in [6.07, 6.45) is 1.11. The Hall–Kier alpha value is -2.04. The van der Waals surface area contributed by atoms with Gasteiger partial charge in [0.2, 0.25) is 5.91 Å². The van der Waals surface area contributed by atoms with Gasteiger partial charge in [-0.3, -0.25) is 9.59 Å². The van der Waals surface area contributed by atoms with Crippen LogP contribution in [0.3, 0.4) is 0 Å². The van der Waals surface area contributed by atoms with E-state index in [1.54, 1.807) is 29.2 Å². The molecule has 0 aromatic heterocycles. The summed E-state index contributed by atoms with van der Waals surface area (Å²) < 4.78 is 0. The van der Waals surface area contributed by atoms with Crippen LogP contribution in [-0.4, -0.2) is 47.8 Å². The molecule has 136 valence electrons. The molecular formula is C20H20Cl2N2O2. The van der Waals surface area contributed by atoms with Crippen molar-refractivity contribution in [2.24, 2.45) is 0 Å². The maximum absolute atomic E-state index is 12.5. The van der Waals surface area contributed by atoms with Crippen LogP contribution < -0.4 is 0 Å². The standard InChI is InChI=1S/C20H20Cl2N2O2/c21-17-5-1-3-15(13-17)7-8-19(25)23-9-11-24(12-10-23)20(26)16-4-2-6-18(22)14-16/h1-6,13-14H,7-12H2. The van der Waals surface area contributed by atoms with Crippen LogP contribution in [0.5, 0.6) is 0 Å². The fraction of sp³-hybridized carbons (Fsp3) is 0.300. The van der Waals surface area contributed by atoms with Gasteiger partial charge in [-0.15, -0.1) is 0 Å². The van der Waals surface area contributed by atoms with Crippen molar-refractivity contribution < 1.29 is 9.59 Å². The first kappa shape index (κ1) is 18.7. The molecule has 2 aromatic rings. The van der Waals surface area contributed by atoms with E-state index in [-0.39, 0.29) is 11.8 Å². The molecule has 0 spiro atoms. The minimum Gasteiger partial charge on any atom is -0.339 e. The van der Waals surface area contributed by atoms with E-state index in [1.165, 1.54) is 0 Å². The zero-order valence-corrected chi connectivity index (χ0v) is 15.8. The van der Waals surface area contributed by atoms with Crippen molar-refractivity contribution in [3.63, 3.8) is 0 Å². The van der Waals surface area contributed by atoms with E-state index in [0.717, 1.165) is 5.56 Å². The third-order valence-corrected chi connectivity index (χ3v) is 4.98. The summed E-state index contributed by atoms with van der Waals surface area (Å²) >= 11 is 11.9. The summed E-state index contributed by atoms with van der Waals surface area (Å²) in [4.78, 5) is 28.5. The second kappa shape index (κ2) is 8.56. The SMILES string of the molecule is O=C(CCc1cccc(Cl)c1)N1CCN(C(=O)c2cccc(Cl)c2)CC1. The molecule has 1 aliphatic rings. The number of halogens is 2. The minimum atomic E-state index is -0.0430. The van der Waals surface area contributed by atoms with E-state index < -0.39 is 0 Å². The molecule has 3 rings (SSSR count). The highest BCUT2D eigenvalue weighted by molar-refractivity contribution is 6.31. The van der Waals surface area contributed by atoms with E-state index in [0.29, 0.717) is 54.6 Å². The quantitative estimate of drug-likeness (QED) is 0.793. The third-order valence-electron chi connectivity index (χ3n) is 4.51. The van der Waals surface area contributed by atoms with Gasteiger partial charge in [0.1, 0.15) is 0 Å². The molecule has 1 saturated heterocycles. The molecule has 1 aliphatic heterocycles. The van der Waals surface area contributed by atoms with Crippen molar-refractivity contribution in [3.05, 3.63) is 69.7 Å². The number of nitrogens with zero attached hydrogens (tertiary/aromatic N) is 2. The Balaban J connectivity index is 1.50. The summed E-state index contributed by atoms with van der Waals surface area (Å²) in [5.41, 5.74) is 1.64. The number of carbonyl (C=O) groups is 2. The van der Waals surface area contributed by atoms with E-state index in [1.807, 2.05) is 29.2 Å². The molecular weight excluding hydrogens is 371 g/mol. The van der Waals surface area contributed by atoms with Crippen molar-refractivity contribution in [1.82, 2.24) is 9.80 Å². The zero-order chi connectivity index (χ0) is 18.5. The van der Waals surface area contributed by atoms with Gasteiger partial charge < -0.3 is 9.80 Å². The number of hydrogen-bond acceptors (Lipinski definition) is 2. The molecule has 2 aromatic carbocycles. The Bertz CT molecular complexity index is 802. The maximum Gasteiger partial charge on any atom is 0.254 e. The Labute approximate surface area is 163 Å². The summed E-state index contributed by atoms with van der Waals surface area (Å²) in [5.74, 6) is 0.0679. The third kappa shape index (κ3) is 4.77. The van der Waals surface area contributed by atoms with Crippen molar-refractivity contribution in [3.8, 4) is 0 Å². The second-order valence-corrected chi connectivity index (χ2v) is 7.19. The lowest BCUT2D eigenvalue weighted by molar-refractivity contribution is -0.132. The Morgan fingerprint density at radius 2 is 1.46 bits per heavy atom. The summed E-state index contributed by atoms with van der Waals surface area (Å²) in [6, 6.07) is 14.5. The summed E-state index contributed by atoms with van der Waals surface area (Å²) in [5, 5.41) is 1.23. The Morgan fingerprint density at radius 3 is 2.12 bits per heavy atom. The molecule has 0 radical (unpaired) electrons. The first-order chi connectivity index (χ1) is 12.5. The molecule has 4 nitrogen and oxygen atoms in total. The molecule has 0 saturated carbocycles. The van der Waals surface area contributed by atoms with Crippen LogP contribution in [0.25, 0.3) is 0 Å². The van der Waals surface area contributed by atoms with E-state index in [9.17, 15) is 9.59 Å². The molecule has 0 atom stereocenters. The van der Waals surface area contributed by atoms with Crippen LogP contribution in [0.2, 0.25) is 10.0 Å². The fourth-order valence-corrected chi connectivity index (χ4v) is 3.47. The number of benzene rings is 2. The highest BCUT2D eigenvalue weighted by atomic mass is 35.5. The lowest BCUT2D eigenvalue weighted by atomic mass is 10.1. The lowest BCUT2D eigenvalue weighted by Gasteiger charge is -2.35. The molecule has 0 aliphatic carbocycles. The fourth-order valence-electron chi connectivity index (χ4n) is 3.06. The van der Waals surface area contributed by atoms with Crippen LogP contribution in [0.4, 0.5) is 0 Å². The van der Waals surface area contributed by atoms with Crippen molar-refractivity contribution in [1.29, 1.82) is 0 Å². The molecule has 2 amide bonds. The van der Waals surface area contributed by atoms with Crippen LogP contribution in [0.15, 0.2) is 48.5 Å².